The highest BCUT2D eigenvalue weighted by molar-refractivity contribution is 5.35. The Balaban J connectivity index is 1.63. The fraction of sp³-hybridized carbons (Fsp3) is 0.824. The molecule has 0 saturated carbocycles. The number of hydrogen-bond donors (Lipinski definition) is 0. The minimum absolute atomic E-state index is 0.0252. The van der Waals surface area contributed by atoms with Crippen LogP contribution in [0.3, 0.4) is 0 Å². The van der Waals surface area contributed by atoms with Crippen molar-refractivity contribution >= 4 is 5.69 Å². The lowest BCUT2D eigenvalue weighted by molar-refractivity contribution is -0.384. The Kier molecular flexibility index (Phi) is 35.1. The summed E-state index contributed by atoms with van der Waals surface area (Å²) < 4.78 is 71.0. The molecule has 1 aromatic rings. The maximum atomic E-state index is 10.6. The summed E-state index contributed by atoms with van der Waals surface area (Å²) in [5.74, 6) is 0.556. The number of unbranched alkanes of at least 4 members (excludes halogenated alkanes) is 1. The highest BCUT2D eigenvalue weighted by atomic mass is 16.6. The predicted molar refractivity (Wildman–Crippen MR) is 183 cm³/mol. The van der Waals surface area contributed by atoms with E-state index in [0.717, 1.165) is 19.4 Å². The molecular formula is C34H61NO15. The van der Waals surface area contributed by atoms with Crippen molar-refractivity contribution in [3.8, 4) is 5.75 Å². The average Bonchev–Trinajstić information content (AvgIpc) is 3.12. The van der Waals surface area contributed by atoms with Gasteiger partial charge in [-0.05, 0) is 18.6 Å². The Morgan fingerprint density at radius 3 is 0.880 bits per heavy atom. The first-order chi connectivity index (χ1) is 24.7. The predicted octanol–water partition coefficient (Wildman–Crippen LogP) is 2.97. The third-order valence-corrected chi connectivity index (χ3v) is 6.28. The molecule has 0 aliphatic carbocycles. The molecule has 0 N–H and O–H groups in total. The largest absolute Gasteiger partial charge is 0.491 e. The van der Waals surface area contributed by atoms with Crippen molar-refractivity contribution in [3.63, 3.8) is 0 Å². The van der Waals surface area contributed by atoms with Gasteiger partial charge in [-0.3, -0.25) is 10.1 Å². The van der Waals surface area contributed by atoms with Crippen LogP contribution in [-0.2, 0) is 56.8 Å². The van der Waals surface area contributed by atoms with Gasteiger partial charge in [0.1, 0.15) is 12.4 Å². The van der Waals surface area contributed by atoms with E-state index in [4.69, 9.17) is 61.6 Å². The Hall–Kier alpha value is -2.06. The quantitative estimate of drug-likeness (QED) is 0.0550. The molecule has 292 valence electrons. The Morgan fingerprint density at radius 1 is 0.400 bits per heavy atom. The lowest BCUT2D eigenvalue weighted by Crippen LogP contribution is -2.15. The molecule has 0 bridgehead atoms. The van der Waals surface area contributed by atoms with Gasteiger partial charge < -0.3 is 61.6 Å². The molecule has 0 spiro atoms. The first-order valence-corrected chi connectivity index (χ1v) is 17.5. The van der Waals surface area contributed by atoms with E-state index < -0.39 is 4.92 Å². The molecular weight excluding hydrogens is 662 g/mol. The minimum atomic E-state index is -0.452. The normalized spacial score (nSPS) is 11.4. The average molecular weight is 724 g/mol. The number of benzene rings is 1. The van der Waals surface area contributed by atoms with Crippen molar-refractivity contribution in [2.75, 3.05) is 165 Å². The van der Waals surface area contributed by atoms with Crippen molar-refractivity contribution < 1.29 is 66.5 Å². The monoisotopic (exact) mass is 723 g/mol. The van der Waals surface area contributed by atoms with E-state index >= 15 is 0 Å². The SMILES string of the molecule is CCCCOCCOCCOCCOCCOCCOCCOCCOCCOCCOCCOCCOCCOc1ccc([N+](=O)[O-])cc1. The number of hydrogen-bond acceptors (Lipinski definition) is 15. The third kappa shape index (κ3) is 33.1. The van der Waals surface area contributed by atoms with Crippen LogP contribution in [0.25, 0.3) is 0 Å². The van der Waals surface area contributed by atoms with Gasteiger partial charge in [0.15, 0.2) is 0 Å². The van der Waals surface area contributed by atoms with E-state index in [0.29, 0.717) is 164 Å². The maximum Gasteiger partial charge on any atom is 0.269 e. The molecule has 1 aromatic carbocycles. The van der Waals surface area contributed by atoms with E-state index in [2.05, 4.69) is 6.92 Å². The van der Waals surface area contributed by atoms with Gasteiger partial charge in [0.25, 0.3) is 5.69 Å². The minimum Gasteiger partial charge on any atom is -0.491 e. The smallest absolute Gasteiger partial charge is 0.269 e. The number of ether oxygens (including phenoxy) is 13. The van der Waals surface area contributed by atoms with Crippen LogP contribution in [0, 0.1) is 10.1 Å². The summed E-state index contributed by atoms with van der Waals surface area (Å²) in [6.45, 7) is 14.8. The lowest BCUT2D eigenvalue weighted by atomic mass is 10.3. The van der Waals surface area contributed by atoms with Crippen molar-refractivity contribution in [1.29, 1.82) is 0 Å². The van der Waals surface area contributed by atoms with Crippen LogP contribution in [0.5, 0.6) is 5.75 Å². The van der Waals surface area contributed by atoms with Gasteiger partial charge in [0, 0.05) is 18.7 Å². The van der Waals surface area contributed by atoms with Gasteiger partial charge in [-0.1, -0.05) is 13.3 Å². The molecule has 0 amide bonds. The second kappa shape index (κ2) is 38.2. The molecule has 16 nitrogen and oxygen atoms in total. The number of nitro benzene ring substituents is 1. The van der Waals surface area contributed by atoms with Crippen LogP contribution in [0.2, 0.25) is 0 Å². The summed E-state index contributed by atoms with van der Waals surface area (Å²) in [6.07, 6.45) is 2.23. The third-order valence-electron chi connectivity index (χ3n) is 6.28. The maximum absolute atomic E-state index is 10.6. The van der Waals surface area contributed by atoms with E-state index in [-0.39, 0.29) is 5.69 Å². The van der Waals surface area contributed by atoms with E-state index in [1.165, 1.54) is 12.1 Å². The van der Waals surface area contributed by atoms with Crippen LogP contribution in [0.4, 0.5) is 5.69 Å². The molecule has 1 rings (SSSR count). The molecule has 0 heterocycles. The van der Waals surface area contributed by atoms with Crippen LogP contribution < -0.4 is 4.74 Å². The van der Waals surface area contributed by atoms with Gasteiger partial charge in [-0.2, -0.15) is 0 Å². The van der Waals surface area contributed by atoms with E-state index in [1.807, 2.05) is 0 Å². The van der Waals surface area contributed by atoms with Crippen LogP contribution >= 0.6 is 0 Å². The standard InChI is InChI=1S/C34H61NO15/c1-2-3-8-38-9-10-39-11-12-40-13-14-41-15-16-42-17-18-43-19-20-44-21-22-45-23-24-46-25-26-47-27-28-48-29-30-49-31-32-50-34-6-4-33(5-7-34)35(36)37/h4-7H,2-3,8-32H2,1H3. The molecule has 0 fully saturated rings. The zero-order valence-electron chi connectivity index (χ0n) is 30.0. The van der Waals surface area contributed by atoms with Gasteiger partial charge >= 0.3 is 0 Å². The van der Waals surface area contributed by atoms with Crippen molar-refractivity contribution in [2.24, 2.45) is 0 Å². The highest BCUT2D eigenvalue weighted by Crippen LogP contribution is 2.17. The summed E-state index contributed by atoms with van der Waals surface area (Å²) >= 11 is 0. The first-order valence-electron chi connectivity index (χ1n) is 17.5. The van der Waals surface area contributed by atoms with Gasteiger partial charge in [-0.25, -0.2) is 0 Å². The van der Waals surface area contributed by atoms with E-state index in [1.54, 1.807) is 12.1 Å². The zero-order valence-corrected chi connectivity index (χ0v) is 30.0. The molecule has 0 saturated heterocycles. The summed E-state index contributed by atoms with van der Waals surface area (Å²) in [5.41, 5.74) is 0.0252. The lowest BCUT2D eigenvalue weighted by Gasteiger charge is -2.09. The summed E-state index contributed by atoms with van der Waals surface area (Å²) in [4.78, 5) is 10.2. The second-order valence-electron chi connectivity index (χ2n) is 10.3. The van der Waals surface area contributed by atoms with Gasteiger partial charge in [-0.15, -0.1) is 0 Å². The molecule has 0 radical (unpaired) electrons. The summed E-state index contributed by atoms with van der Waals surface area (Å²) in [7, 11) is 0. The summed E-state index contributed by atoms with van der Waals surface area (Å²) in [5, 5.41) is 10.6. The molecule has 16 heteroatoms. The van der Waals surface area contributed by atoms with Gasteiger partial charge in [0.2, 0.25) is 0 Å². The number of non-ortho nitro benzene ring substituents is 1. The Morgan fingerprint density at radius 2 is 0.640 bits per heavy atom. The highest BCUT2D eigenvalue weighted by Gasteiger charge is 2.04. The molecule has 0 unspecified atom stereocenters. The number of rotatable bonds is 41. The first kappa shape index (κ1) is 46.0. The molecule has 0 aliphatic rings. The van der Waals surface area contributed by atoms with Crippen molar-refractivity contribution in [2.45, 2.75) is 19.8 Å². The molecule has 0 aliphatic heterocycles. The number of nitrogens with zero attached hydrogens (tertiary/aromatic N) is 1. The topological polar surface area (TPSA) is 163 Å². The van der Waals surface area contributed by atoms with E-state index in [9.17, 15) is 10.1 Å². The second-order valence-corrected chi connectivity index (χ2v) is 10.3. The van der Waals surface area contributed by atoms with Crippen LogP contribution in [0.15, 0.2) is 24.3 Å². The van der Waals surface area contributed by atoms with Crippen molar-refractivity contribution in [3.05, 3.63) is 34.4 Å². The number of nitro groups is 1. The Labute approximate surface area is 297 Å². The zero-order chi connectivity index (χ0) is 35.8. The fourth-order valence-corrected chi connectivity index (χ4v) is 3.65. The van der Waals surface area contributed by atoms with Gasteiger partial charge in [0.05, 0.1) is 157 Å². The summed E-state index contributed by atoms with van der Waals surface area (Å²) in [6, 6.07) is 5.91. The van der Waals surface area contributed by atoms with Crippen LogP contribution in [0.1, 0.15) is 19.8 Å². The molecule has 50 heavy (non-hydrogen) atoms. The molecule has 0 atom stereocenters. The molecule has 0 aromatic heterocycles. The van der Waals surface area contributed by atoms with Crippen LogP contribution in [-0.4, -0.2) is 170 Å². The Bertz CT molecular complexity index is 837. The fourth-order valence-electron chi connectivity index (χ4n) is 3.65. The van der Waals surface area contributed by atoms with Crippen molar-refractivity contribution in [1.82, 2.24) is 0 Å².